The van der Waals surface area contributed by atoms with Gasteiger partial charge in [0.05, 0.1) is 26.4 Å². The Kier molecular flexibility index (Phi) is 13.4. The molecule has 5 atom stereocenters. The molecule has 52 heavy (non-hydrogen) atoms. The van der Waals surface area contributed by atoms with E-state index in [0.29, 0.717) is 12.8 Å². The van der Waals surface area contributed by atoms with Crippen LogP contribution in [0, 0.1) is 16.7 Å². The van der Waals surface area contributed by atoms with E-state index in [2.05, 4.69) is 21.4 Å². The maximum Gasteiger partial charge on any atom is 0.407 e. The number of aliphatic hydroxyl groups excluding tert-OH is 1. The predicted molar refractivity (Wildman–Crippen MR) is 199 cm³/mol. The zero-order valence-corrected chi connectivity index (χ0v) is 31.1. The van der Waals surface area contributed by atoms with Crippen LogP contribution < -0.4 is 21.4 Å². The first kappa shape index (κ1) is 39.8. The molecule has 0 aliphatic heterocycles. The lowest BCUT2D eigenvalue weighted by molar-refractivity contribution is -0.139. The first-order valence-electron chi connectivity index (χ1n) is 17.5. The second kappa shape index (κ2) is 17.5. The van der Waals surface area contributed by atoms with Crippen LogP contribution in [0.1, 0.15) is 52.2 Å². The van der Waals surface area contributed by atoms with Gasteiger partial charge in [-0.1, -0.05) is 120 Å². The quantitative estimate of drug-likeness (QED) is 0.149. The Morgan fingerprint density at radius 2 is 1.40 bits per heavy atom. The van der Waals surface area contributed by atoms with E-state index in [9.17, 15) is 24.3 Å². The van der Waals surface area contributed by atoms with Gasteiger partial charge in [-0.3, -0.25) is 15.0 Å². The van der Waals surface area contributed by atoms with Crippen LogP contribution in [0.3, 0.4) is 0 Å². The van der Waals surface area contributed by atoms with E-state index in [1.54, 1.807) is 5.01 Å². The standard InChI is InChI=1S/C40H53N5O7/c1-39(2,3)34(43-38(50)52-7)36(48)44-45(24-27-18-20-29(21-19-27)28-16-12-9-13-17-28)25-32(46)31(22-26-14-10-8-11-15-26)41-35(47)30-23-33(40(30,4)5)42-37(49)51-6/h8-21,30-34,46H,22-25H2,1-7H3,(H,41,47)(H,42,49)(H,43,50)(H,44,48)/t30-,31-,32-,33-,34+/m0/s1. The molecule has 12 heteroatoms. The molecular weight excluding hydrogens is 662 g/mol. The van der Waals surface area contributed by atoms with Crippen LogP contribution in [-0.2, 0) is 32.0 Å². The van der Waals surface area contributed by atoms with Crippen molar-refractivity contribution >= 4 is 24.0 Å². The molecule has 0 bridgehead atoms. The third kappa shape index (κ3) is 10.5. The molecule has 0 spiro atoms. The molecular formula is C40H53N5O7. The highest BCUT2D eigenvalue weighted by atomic mass is 16.5. The number of methoxy groups -OCH3 is 2. The fraction of sp³-hybridized carbons (Fsp3) is 0.450. The van der Waals surface area contributed by atoms with Crippen molar-refractivity contribution in [2.45, 2.75) is 78.2 Å². The highest BCUT2D eigenvalue weighted by Gasteiger charge is 2.53. The van der Waals surface area contributed by atoms with E-state index in [1.165, 1.54) is 14.2 Å². The highest BCUT2D eigenvalue weighted by Crippen LogP contribution is 2.46. The highest BCUT2D eigenvalue weighted by molar-refractivity contribution is 5.86. The van der Waals surface area contributed by atoms with Crippen molar-refractivity contribution in [3.05, 3.63) is 96.1 Å². The summed E-state index contributed by atoms with van der Waals surface area (Å²) in [6, 6.07) is 25.5. The van der Waals surface area contributed by atoms with Crippen LogP contribution in [0.4, 0.5) is 9.59 Å². The Balaban J connectivity index is 1.59. The molecule has 0 aromatic heterocycles. The summed E-state index contributed by atoms with van der Waals surface area (Å²) < 4.78 is 9.55. The van der Waals surface area contributed by atoms with E-state index in [-0.39, 0.29) is 25.0 Å². The van der Waals surface area contributed by atoms with E-state index in [0.717, 1.165) is 22.3 Å². The SMILES string of the molecule is COC(=O)N[C@H](C(=O)NN(Cc1ccc(-c2ccccc2)cc1)C[C@H](O)[C@H](Cc1ccccc1)NC(=O)[C@@H]1C[C@H](NC(=O)OC)C1(C)C)C(C)(C)C. The number of aliphatic hydroxyl groups is 1. The van der Waals surface area contributed by atoms with Gasteiger partial charge in [0.1, 0.15) is 6.04 Å². The molecule has 0 saturated heterocycles. The second-order valence-corrected chi connectivity index (χ2v) is 15.0. The average Bonchev–Trinajstić information content (AvgIpc) is 3.12. The lowest BCUT2D eigenvalue weighted by Crippen LogP contribution is -2.64. The van der Waals surface area contributed by atoms with Crippen molar-refractivity contribution in [1.82, 2.24) is 26.4 Å². The van der Waals surface area contributed by atoms with Gasteiger partial charge in [0.15, 0.2) is 0 Å². The van der Waals surface area contributed by atoms with Crippen LogP contribution in [-0.4, -0.2) is 79.1 Å². The molecule has 12 nitrogen and oxygen atoms in total. The maximum absolute atomic E-state index is 13.8. The molecule has 3 aromatic rings. The molecule has 0 heterocycles. The summed E-state index contributed by atoms with van der Waals surface area (Å²) in [6.45, 7) is 9.47. The van der Waals surface area contributed by atoms with Gasteiger partial charge < -0.3 is 30.5 Å². The predicted octanol–water partition coefficient (Wildman–Crippen LogP) is 4.82. The number of ether oxygens (including phenoxy) is 2. The Morgan fingerprint density at radius 1 is 0.827 bits per heavy atom. The minimum absolute atomic E-state index is 0.0559. The molecule has 4 amide bonds. The number of hydrogen-bond donors (Lipinski definition) is 5. The van der Waals surface area contributed by atoms with Crippen LogP contribution in [0.25, 0.3) is 11.1 Å². The number of hydrogen-bond acceptors (Lipinski definition) is 8. The minimum atomic E-state index is -1.14. The number of amides is 4. The Morgan fingerprint density at radius 3 is 1.96 bits per heavy atom. The summed E-state index contributed by atoms with van der Waals surface area (Å²) >= 11 is 0. The Labute approximate surface area is 306 Å². The van der Waals surface area contributed by atoms with Crippen molar-refractivity contribution < 1.29 is 33.8 Å². The number of rotatable bonds is 14. The molecule has 3 aromatic carbocycles. The summed E-state index contributed by atoms with van der Waals surface area (Å²) in [4.78, 5) is 51.7. The fourth-order valence-electron chi connectivity index (χ4n) is 6.48. The molecule has 1 saturated carbocycles. The van der Waals surface area contributed by atoms with Crippen molar-refractivity contribution in [3.63, 3.8) is 0 Å². The van der Waals surface area contributed by atoms with Crippen molar-refractivity contribution in [3.8, 4) is 11.1 Å². The summed E-state index contributed by atoms with van der Waals surface area (Å²) in [7, 11) is 2.53. The number of benzene rings is 3. The van der Waals surface area contributed by atoms with E-state index >= 15 is 0 Å². The summed E-state index contributed by atoms with van der Waals surface area (Å²) in [5.41, 5.74) is 5.58. The van der Waals surface area contributed by atoms with Crippen LogP contribution in [0.15, 0.2) is 84.9 Å². The summed E-state index contributed by atoms with van der Waals surface area (Å²) in [5, 5.41) is 22.0. The number of alkyl carbamates (subject to hydrolysis) is 2. The smallest absolute Gasteiger partial charge is 0.407 e. The van der Waals surface area contributed by atoms with Crippen molar-refractivity contribution in [1.29, 1.82) is 0 Å². The maximum atomic E-state index is 13.8. The topological polar surface area (TPSA) is 158 Å². The van der Waals surface area contributed by atoms with E-state index in [1.807, 2.05) is 120 Å². The zero-order chi connectivity index (χ0) is 38.1. The zero-order valence-electron chi connectivity index (χ0n) is 31.1. The third-order valence-electron chi connectivity index (χ3n) is 9.84. The van der Waals surface area contributed by atoms with Crippen LogP contribution in [0.5, 0.6) is 0 Å². The Hall–Kier alpha value is -4.94. The molecule has 0 radical (unpaired) electrons. The van der Waals surface area contributed by atoms with E-state index < -0.39 is 53.0 Å². The lowest BCUT2D eigenvalue weighted by atomic mass is 9.58. The van der Waals surface area contributed by atoms with Crippen molar-refractivity contribution in [2.75, 3.05) is 20.8 Å². The van der Waals surface area contributed by atoms with Crippen LogP contribution in [0.2, 0.25) is 0 Å². The summed E-state index contributed by atoms with van der Waals surface area (Å²) in [6.07, 6.45) is -1.69. The lowest BCUT2D eigenvalue weighted by Gasteiger charge is -2.51. The van der Waals surface area contributed by atoms with Gasteiger partial charge in [0.2, 0.25) is 5.91 Å². The molecule has 0 unspecified atom stereocenters. The fourth-order valence-corrected chi connectivity index (χ4v) is 6.48. The van der Waals surface area contributed by atoms with Gasteiger partial charge in [0.25, 0.3) is 5.91 Å². The molecule has 1 aliphatic carbocycles. The van der Waals surface area contributed by atoms with Gasteiger partial charge in [-0.15, -0.1) is 0 Å². The normalized spacial score (nSPS) is 18.2. The van der Waals surface area contributed by atoms with Crippen LogP contribution >= 0.6 is 0 Å². The molecule has 280 valence electrons. The summed E-state index contributed by atoms with van der Waals surface area (Å²) in [5.74, 6) is -1.15. The first-order valence-corrected chi connectivity index (χ1v) is 17.5. The van der Waals surface area contributed by atoms with Gasteiger partial charge >= 0.3 is 12.2 Å². The third-order valence-corrected chi connectivity index (χ3v) is 9.84. The molecule has 1 aliphatic rings. The molecule has 5 N–H and O–H groups in total. The number of carbonyl (C=O) groups is 4. The first-order chi connectivity index (χ1) is 24.6. The number of hydrazine groups is 1. The second-order valence-electron chi connectivity index (χ2n) is 15.0. The van der Waals surface area contributed by atoms with Gasteiger partial charge in [0, 0.05) is 25.0 Å². The number of nitrogens with zero attached hydrogens (tertiary/aromatic N) is 1. The monoisotopic (exact) mass is 715 g/mol. The van der Waals surface area contributed by atoms with Gasteiger partial charge in [-0.05, 0) is 45.9 Å². The largest absolute Gasteiger partial charge is 0.453 e. The van der Waals surface area contributed by atoms with Gasteiger partial charge in [-0.2, -0.15) is 0 Å². The molecule has 4 rings (SSSR count). The minimum Gasteiger partial charge on any atom is -0.453 e. The van der Waals surface area contributed by atoms with Crippen molar-refractivity contribution in [2.24, 2.45) is 16.7 Å². The average molecular weight is 716 g/mol. The van der Waals surface area contributed by atoms with Gasteiger partial charge in [-0.25, -0.2) is 14.6 Å². The van der Waals surface area contributed by atoms with E-state index in [4.69, 9.17) is 9.47 Å². The Bertz CT molecular complexity index is 1640. The molecule has 1 fully saturated rings. The number of nitrogens with one attached hydrogen (secondary N) is 4. The number of carbonyl (C=O) groups excluding carboxylic acids is 4.